The molecule has 120 valence electrons. The van der Waals surface area contributed by atoms with Crippen LogP contribution in [0, 0.1) is 0 Å². The molecule has 0 radical (unpaired) electrons. The third-order valence-corrected chi connectivity index (χ3v) is 2.65. The van der Waals surface area contributed by atoms with Gasteiger partial charge in [0.15, 0.2) is 5.78 Å². The van der Waals surface area contributed by atoms with Crippen LogP contribution < -0.4 is 5.73 Å². The molecule has 1 rings (SSSR count). The van der Waals surface area contributed by atoms with Crippen molar-refractivity contribution in [1.29, 1.82) is 0 Å². The first-order valence-corrected chi connectivity index (χ1v) is 7.25. The fourth-order valence-corrected chi connectivity index (χ4v) is 1.64. The van der Waals surface area contributed by atoms with Gasteiger partial charge in [0.25, 0.3) is 0 Å². The average Bonchev–Trinajstić information content (AvgIpc) is 2.87. The fourth-order valence-electron chi connectivity index (χ4n) is 1.64. The first-order chi connectivity index (χ1) is 10.2. The molecule has 0 spiro atoms. The van der Waals surface area contributed by atoms with Gasteiger partial charge in [0.05, 0.1) is 51.5 Å². The highest BCUT2D eigenvalue weighted by atomic mass is 16.5. The van der Waals surface area contributed by atoms with E-state index >= 15 is 0 Å². The molecule has 0 aliphatic carbocycles. The molecule has 0 amide bonds. The van der Waals surface area contributed by atoms with Gasteiger partial charge in [-0.2, -0.15) is 5.10 Å². The third-order valence-electron chi connectivity index (χ3n) is 2.65. The van der Waals surface area contributed by atoms with Gasteiger partial charge < -0.3 is 19.9 Å². The minimum Gasteiger partial charge on any atom is -0.396 e. The van der Waals surface area contributed by atoms with Crippen LogP contribution in [0.15, 0.2) is 12.4 Å². The van der Waals surface area contributed by atoms with E-state index in [2.05, 4.69) is 5.10 Å². The Morgan fingerprint density at radius 1 is 1.19 bits per heavy atom. The number of hydrogen-bond donors (Lipinski definition) is 1. The Hall–Kier alpha value is -1.44. The van der Waals surface area contributed by atoms with Crippen LogP contribution in [-0.4, -0.2) is 55.2 Å². The minimum absolute atomic E-state index is 0.139. The highest BCUT2D eigenvalue weighted by Gasteiger charge is 1.99. The second-order valence-corrected chi connectivity index (χ2v) is 4.60. The molecule has 2 N–H and O–H groups in total. The second kappa shape index (κ2) is 11.2. The topological polar surface area (TPSA) is 88.6 Å². The van der Waals surface area contributed by atoms with Crippen LogP contribution in [0.2, 0.25) is 0 Å². The lowest BCUT2D eigenvalue weighted by atomic mass is 10.2. The number of carbonyl (C=O) groups excluding carboxylic acids is 1. The van der Waals surface area contributed by atoms with Crippen LogP contribution in [0.4, 0.5) is 5.69 Å². The maximum Gasteiger partial charge on any atom is 0.158 e. The predicted molar refractivity (Wildman–Crippen MR) is 79.0 cm³/mol. The van der Waals surface area contributed by atoms with Crippen LogP contribution in [-0.2, 0) is 25.5 Å². The fraction of sp³-hybridized carbons (Fsp3) is 0.714. The van der Waals surface area contributed by atoms with E-state index < -0.39 is 0 Å². The SMILES string of the molecule is CCCC(=O)COCCOCCOCCn1cc(N)cn1. The Bertz CT molecular complexity index is 395. The Balaban J connectivity index is 1.81. The summed E-state index contributed by atoms with van der Waals surface area (Å²) >= 11 is 0. The van der Waals surface area contributed by atoms with Crippen molar-refractivity contribution in [3.05, 3.63) is 12.4 Å². The molecule has 1 heterocycles. The average molecular weight is 299 g/mol. The summed E-state index contributed by atoms with van der Waals surface area (Å²) in [6.45, 7) is 5.31. The normalized spacial score (nSPS) is 10.9. The number of nitrogens with zero attached hydrogens (tertiary/aromatic N) is 2. The number of nitrogen functional groups attached to an aromatic ring is 1. The number of aromatic nitrogens is 2. The zero-order chi connectivity index (χ0) is 15.3. The molecule has 21 heavy (non-hydrogen) atoms. The van der Waals surface area contributed by atoms with E-state index in [4.69, 9.17) is 19.9 Å². The van der Waals surface area contributed by atoms with Gasteiger partial charge in [-0.15, -0.1) is 0 Å². The summed E-state index contributed by atoms with van der Waals surface area (Å²) < 4.78 is 17.7. The number of hydrogen-bond acceptors (Lipinski definition) is 6. The second-order valence-electron chi connectivity index (χ2n) is 4.60. The third kappa shape index (κ3) is 9.17. The van der Waals surface area contributed by atoms with E-state index in [1.807, 2.05) is 6.92 Å². The molecule has 0 saturated carbocycles. The van der Waals surface area contributed by atoms with Gasteiger partial charge in [-0.25, -0.2) is 0 Å². The summed E-state index contributed by atoms with van der Waals surface area (Å²) in [5.74, 6) is 0.139. The monoisotopic (exact) mass is 299 g/mol. The number of anilines is 1. The minimum atomic E-state index is 0.139. The molecule has 0 bridgehead atoms. The lowest BCUT2D eigenvalue weighted by Gasteiger charge is -2.06. The molecule has 0 unspecified atom stereocenters. The van der Waals surface area contributed by atoms with Gasteiger partial charge in [0.2, 0.25) is 0 Å². The first kappa shape index (κ1) is 17.6. The van der Waals surface area contributed by atoms with Gasteiger partial charge in [-0.05, 0) is 6.42 Å². The van der Waals surface area contributed by atoms with Crippen molar-refractivity contribution in [2.75, 3.05) is 45.4 Å². The van der Waals surface area contributed by atoms with E-state index in [0.717, 1.165) is 6.42 Å². The maximum atomic E-state index is 11.2. The van der Waals surface area contributed by atoms with Gasteiger partial charge >= 0.3 is 0 Å². The van der Waals surface area contributed by atoms with E-state index in [1.54, 1.807) is 17.1 Å². The zero-order valence-corrected chi connectivity index (χ0v) is 12.6. The largest absolute Gasteiger partial charge is 0.396 e. The van der Waals surface area contributed by atoms with Crippen molar-refractivity contribution in [2.24, 2.45) is 0 Å². The summed E-state index contributed by atoms with van der Waals surface area (Å²) in [6, 6.07) is 0. The van der Waals surface area contributed by atoms with E-state index in [1.165, 1.54) is 0 Å². The zero-order valence-electron chi connectivity index (χ0n) is 12.6. The van der Waals surface area contributed by atoms with Crippen molar-refractivity contribution in [2.45, 2.75) is 26.3 Å². The van der Waals surface area contributed by atoms with Crippen molar-refractivity contribution < 1.29 is 19.0 Å². The van der Waals surface area contributed by atoms with Gasteiger partial charge in [0.1, 0.15) is 6.61 Å². The number of ketones is 1. The molecule has 0 atom stereocenters. The quantitative estimate of drug-likeness (QED) is 0.544. The summed E-state index contributed by atoms with van der Waals surface area (Å²) in [6.07, 6.45) is 4.81. The number of ether oxygens (including phenoxy) is 3. The number of Topliss-reactive ketones (excluding diaryl/α,β-unsaturated/α-hetero) is 1. The summed E-state index contributed by atoms with van der Waals surface area (Å²) in [7, 11) is 0. The van der Waals surface area contributed by atoms with Crippen LogP contribution in [0.25, 0.3) is 0 Å². The highest BCUT2D eigenvalue weighted by Crippen LogP contribution is 1.97. The van der Waals surface area contributed by atoms with Gasteiger partial charge in [-0.3, -0.25) is 9.48 Å². The van der Waals surface area contributed by atoms with Crippen LogP contribution in [0.1, 0.15) is 19.8 Å². The highest BCUT2D eigenvalue weighted by molar-refractivity contribution is 5.79. The molecule has 0 saturated heterocycles. The van der Waals surface area contributed by atoms with Crippen molar-refractivity contribution in [3.8, 4) is 0 Å². The first-order valence-electron chi connectivity index (χ1n) is 7.25. The summed E-state index contributed by atoms with van der Waals surface area (Å²) in [5, 5.41) is 4.05. The Morgan fingerprint density at radius 2 is 1.86 bits per heavy atom. The Labute approximate surface area is 125 Å². The van der Waals surface area contributed by atoms with Crippen LogP contribution in [0.5, 0.6) is 0 Å². The van der Waals surface area contributed by atoms with Crippen LogP contribution >= 0.6 is 0 Å². The van der Waals surface area contributed by atoms with E-state index in [0.29, 0.717) is 51.7 Å². The molecular formula is C14H25N3O4. The molecule has 0 aliphatic heterocycles. The summed E-state index contributed by atoms with van der Waals surface area (Å²) in [4.78, 5) is 11.2. The molecule has 0 aliphatic rings. The number of nitrogens with two attached hydrogens (primary N) is 1. The van der Waals surface area contributed by atoms with Crippen molar-refractivity contribution >= 4 is 11.5 Å². The van der Waals surface area contributed by atoms with Crippen LogP contribution in [0.3, 0.4) is 0 Å². The van der Waals surface area contributed by atoms with Gasteiger partial charge in [-0.1, -0.05) is 6.92 Å². The molecular weight excluding hydrogens is 274 g/mol. The molecule has 0 fully saturated rings. The Morgan fingerprint density at radius 3 is 2.48 bits per heavy atom. The lowest BCUT2D eigenvalue weighted by molar-refractivity contribution is -0.124. The van der Waals surface area contributed by atoms with Crippen molar-refractivity contribution in [3.63, 3.8) is 0 Å². The Kier molecular flexibility index (Phi) is 9.43. The molecule has 1 aromatic heterocycles. The van der Waals surface area contributed by atoms with E-state index in [9.17, 15) is 4.79 Å². The smallest absolute Gasteiger partial charge is 0.158 e. The van der Waals surface area contributed by atoms with Crippen molar-refractivity contribution in [1.82, 2.24) is 9.78 Å². The number of carbonyl (C=O) groups is 1. The molecule has 1 aromatic rings. The lowest BCUT2D eigenvalue weighted by Crippen LogP contribution is -2.14. The van der Waals surface area contributed by atoms with E-state index in [-0.39, 0.29) is 12.4 Å². The molecule has 0 aromatic carbocycles. The maximum absolute atomic E-state index is 11.2. The standard InChI is InChI=1S/C14H25N3O4/c1-2-3-14(18)12-21-9-8-20-7-6-19-5-4-17-11-13(15)10-16-17/h10-11H,2-9,12,15H2,1H3. The molecule has 7 heteroatoms. The summed E-state index contributed by atoms with van der Waals surface area (Å²) in [5.41, 5.74) is 6.20. The molecule has 7 nitrogen and oxygen atoms in total. The van der Waals surface area contributed by atoms with Gasteiger partial charge in [0, 0.05) is 12.6 Å². The number of rotatable bonds is 13. The predicted octanol–water partition coefficient (Wildman–Crippen LogP) is 0.884.